The van der Waals surface area contributed by atoms with Gasteiger partial charge in [-0.25, -0.2) is 14.4 Å². The molecule has 7 heteroatoms. The van der Waals surface area contributed by atoms with Crippen molar-refractivity contribution in [2.24, 2.45) is 0 Å². The molecule has 1 N–H and O–H groups in total. The van der Waals surface area contributed by atoms with Crippen LogP contribution in [0.3, 0.4) is 0 Å². The van der Waals surface area contributed by atoms with Crippen molar-refractivity contribution < 1.29 is 9.18 Å². The third kappa shape index (κ3) is 3.62. The van der Waals surface area contributed by atoms with Gasteiger partial charge in [0, 0.05) is 0 Å². The van der Waals surface area contributed by atoms with Crippen molar-refractivity contribution in [2.75, 3.05) is 5.32 Å². The SMILES string of the molecule is O=C(Cc1ccc(F)cc1)Nc1ncnc(Cl)c1Cl. The maximum atomic E-state index is 12.7. The summed E-state index contributed by atoms with van der Waals surface area (Å²) in [5.74, 6) is -0.535. The van der Waals surface area contributed by atoms with E-state index in [2.05, 4.69) is 15.3 Å². The molecule has 1 aromatic heterocycles. The van der Waals surface area contributed by atoms with Gasteiger partial charge in [-0.1, -0.05) is 35.3 Å². The third-order valence-electron chi connectivity index (χ3n) is 2.28. The maximum Gasteiger partial charge on any atom is 0.229 e. The number of carbonyl (C=O) groups is 1. The first-order valence-corrected chi connectivity index (χ1v) is 6.02. The molecule has 0 spiro atoms. The second kappa shape index (κ2) is 5.95. The van der Waals surface area contributed by atoms with Crippen LogP contribution in [0.5, 0.6) is 0 Å². The Hall–Kier alpha value is -1.72. The van der Waals surface area contributed by atoms with Gasteiger partial charge in [0.1, 0.15) is 17.2 Å². The smallest absolute Gasteiger partial charge is 0.229 e. The summed E-state index contributed by atoms with van der Waals surface area (Å²) < 4.78 is 12.7. The number of benzene rings is 1. The Morgan fingerprint density at radius 3 is 2.58 bits per heavy atom. The maximum absolute atomic E-state index is 12.7. The lowest BCUT2D eigenvalue weighted by molar-refractivity contribution is -0.115. The highest BCUT2D eigenvalue weighted by Crippen LogP contribution is 2.25. The Morgan fingerprint density at radius 2 is 1.89 bits per heavy atom. The molecule has 0 saturated heterocycles. The number of hydrogen-bond acceptors (Lipinski definition) is 3. The highest BCUT2D eigenvalue weighted by Gasteiger charge is 2.11. The quantitative estimate of drug-likeness (QED) is 0.886. The fourth-order valence-corrected chi connectivity index (χ4v) is 1.68. The van der Waals surface area contributed by atoms with Crippen molar-refractivity contribution >= 4 is 34.9 Å². The van der Waals surface area contributed by atoms with Crippen LogP contribution >= 0.6 is 23.2 Å². The van der Waals surface area contributed by atoms with Gasteiger partial charge in [-0.3, -0.25) is 4.79 Å². The van der Waals surface area contributed by atoms with Crippen molar-refractivity contribution in [1.29, 1.82) is 0 Å². The standard InChI is InChI=1S/C12H8Cl2FN3O/c13-10-11(14)16-6-17-12(10)18-9(19)5-7-1-3-8(15)4-2-7/h1-4,6H,5H2,(H,16,17,18,19). The van der Waals surface area contributed by atoms with E-state index in [1.165, 1.54) is 30.6 Å². The van der Waals surface area contributed by atoms with E-state index < -0.39 is 0 Å². The summed E-state index contributed by atoms with van der Waals surface area (Å²) in [6, 6.07) is 5.64. The Labute approximate surface area is 118 Å². The summed E-state index contributed by atoms with van der Waals surface area (Å²) in [6.07, 6.45) is 1.28. The zero-order valence-corrected chi connectivity index (χ0v) is 11.0. The molecule has 1 heterocycles. The van der Waals surface area contributed by atoms with Crippen molar-refractivity contribution in [2.45, 2.75) is 6.42 Å². The Balaban J connectivity index is 2.05. The molecule has 2 aromatic rings. The molecular formula is C12H8Cl2FN3O. The minimum absolute atomic E-state index is 0.0637. The summed E-state index contributed by atoms with van der Waals surface area (Å²) in [5.41, 5.74) is 0.676. The fraction of sp³-hybridized carbons (Fsp3) is 0.0833. The van der Waals surface area contributed by atoms with Crippen LogP contribution in [-0.2, 0) is 11.2 Å². The molecule has 4 nitrogen and oxygen atoms in total. The minimum atomic E-state index is -0.352. The van der Waals surface area contributed by atoms with Gasteiger partial charge in [-0.05, 0) is 17.7 Å². The van der Waals surface area contributed by atoms with E-state index in [-0.39, 0.29) is 34.1 Å². The Kier molecular flexibility index (Phi) is 4.29. The Morgan fingerprint density at radius 1 is 1.21 bits per heavy atom. The number of rotatable bonds is 3. The van der Waals surface area contributed by atoms with Gasteiger partial charge in [0.25, 0.3) is 0 Å². The zero-order chi connectivity index (χ0) is 13.8. The molecule has 0 unspecified atom stereocenters. The normalized spacial score (nSPS) is 10.3. The highest BCUT2D eigenvalue weighted by atomic mass is 35.5. The van der Waals surface area contributed by atoms with Gasteiger partial charge in [0.15, 0.2) is 11.0 Å². The lowest BCUT2D eigenvalue weighted by Gasteiger charge is -2.06. The van der Waals surface area contributed by atoms with Crippen LogP contribution < -0.4 is 5.32 Å². The van der Waals surface area contributed by atoms with Crippen LogP contribution in [0.1, 0.15) is 5.56 Å². The predicted octanol–water partition coefficient (Wildman–Crippen LogP) is 3.10. The second-order valence-electron chi connectivity index (χ2n) is 3.68. The van der Waals surface area contributed by atoms with Crippen LogP contribution in [0.4, 0.5) is 10.2 Å². The van der Waals surface area contributed by atoms with Crippen LogP contribution in [-0.4, -0.2) is 15.9 Å². The average molecular weight is 300 g/mol. The molecule has 0 fully saturated rings. The summed E-state index contributed by atoms with van der Waals surface area (Å²) in [7, 11) is 0. The van der Waals surface area contributed by atoms with E-state index in [0.717, 1.165) is 0 Å². The van der Waals surface area contributed by atoms with Gasteiger partial charge in [-0.2, -0.15) is 0 Å². The number of halogens is 3. The number of amides is 1. The first kappa shape index (κ1) is 13.7. The number of nitrogens with zero attached hydrogens (tertiary/aromatic N) is 2. The first-order valence-electron chi connectivity index (χ1n) is 5.26. The van der Waals surface area contributed by atoms with E-state index in [9.17, 15) is 9.18 Å². The van der Waals surface area contributed by atoms with Crippen molar-refractivity contribution in [1.82, 2.24) is 9.97 Å². The molecule has 0 atom stereocenters. The molecular weight excluding hydrogens is 292 g/mol. The number of hydrogen-bond donors (Lipinski definition) is 1. The molecule has 0 bridgehead atoms. The summed E-state index contributed by atoms with van der Waals surface area (Å²) in [6.45, 7) is 0. The summed E-state index contributed by atoms with van der Waals surface area (Å²) >= 11 is 11.5. The topological polar surface area (TPSA) is 54.9 Å². The van der Waals surface area contributed by atoms with Crippen LogP contribution in [0, 0.1) is 5.82 Å². The monoisotopic (exact) mass is 299 g/mol. The van der Waals surface area contributed by atoms with Crippen LogP contribution in [0.15, 0.2) is 30.6 Å². The average Bonchev–Trinajstić information content (AvgIpc) is 2.38. The van der Waals surface area contributed by atoms with Gasteiger partial charge in [0.05, 0.1) is 6.42 Å². The lowest BCUT2D eigenvalue weighted by atomic mass is 10.1. The third-order valence-corrected chi connectivity index (χ3v) is 3.02. The van der Waals surface area contributed by atoms with E-state index in [4.69, 9.17) is 23.2 Å². The lowest BCUT2D eigenvalue weighted by Crippen LogP contribution is -2.15. The minimum Gasteiger partial charge on any atom is -0.309 e. The van der Waals surface area contributed by atoms with Gasteiger partial charge < -0.3 is 5.32 Å². The summed E-state index contributed by atoms with van der Waals surface area (Å²) in [5, 5.41) is 2.66. The Bertz CT molecular complexity index is 604. The molecule has 2 rings (SSSR count). The van der Waals surface area contributed by atoms with E-state index in [0.29, 0.717) is 5.56 Å². The number of aromatic nitrogens is 2. The number of carbonyl (C=O) groups excluding carboxylic acids is 1. The molecule has 1 aromatic carbocycles. The number of anilines is 1. The summed E-state index contributed by atoms with van der Waals surface area (Å²) in [4.78, 5) is 19.2. The van der Waals surface area contributed by atoms with E-state index in [1.54, 1.807) is 0 Å². The molecule has 0 radical (unpaired) electrons. The second-order valence-corrected chi connectivity index (χ2v) is 4.41. The molecule has 98 valence electrons. The molecule has 0 aliphatic rings. The molecule has 0 aliphatic carbocycles. The molecule has 19 heavy (non-hydrogen) atoms. The van der Waals surface area contributed by atoms with E-state index in [1.807, 2.05) is 0 Å². The van der Waals surface area contributed by atoms with Crippen molar-refractivity contribution in [3.63, 3.8) is 0 Å². The van der Waals surface area contributed by atoms with Crippen LogP contribution in [0.2, 0.25) is 10.2 Å². The molecule has 1 amide bonds. The number of nitrogens with one attached hydrogen (secondary N) is 1. The molecule has 0 aliphatic heterocycles. The van der Waals surface area contributed by atoms with Crippen molar-refractivity contribution in [3.05, 3.63) is 52.1 Å². The van der Waals surface area contributed by atoms with Crippen LogP contribution in [0.25, 0.3) is 0 Å². The molecule has 0 saturated carbocycles. The first-order chi connectivity index (χ1) is 9.06. The fourth-order valence-electron chi connectivity index (χ4n) is 1.40. The zero-order valence-electron chi connectivity index (χ0n) is 9.53. The highest BCUT2D eigenvalue weighted by molar-refractivity contribution is 6.42. The largest absolute Gasteiger partial charge is 0.309 e. The van der Waals surface area contributed by atoms with Gasteiger partial charge in [-0.15, -0.1) is 0 Å². The van der Waals surface area contributed by atoms with Crippen molar-refractivity contribution in [3.8, 4) is 0 Å². The van der Waals surface area contributed by atoms with Gasteiger partial charge in [0.2, 0.25) is 5.91 Å². The van der Waals surface area contributed by atoms with Gasteiger partial charge >= 0.3 is 0 Å². The van der Waals surface area contributed by atoms with E-state index >= 15 is 0 Å². The predicted molar refractivity (Wildman–Crippen MR) is 70.8 cm³/mol.